The van der Waals surface area contributed by atoms with E-state index in [4.69, 9.17) is 21.1 Å². The highest BCUT2D eigenvalue weighted by Crippen LogP contribution is 2.26. The van der Waals surface area contributed by atoms with Gasteiger partial charge in [0.25, 0.3) is 0 Å². The van der Waals surface area contributed by atoms with Gasteiger partial charge in [0, 0.05) is 14.1 Å². The molecule has 0 saturated heterocycles. The van der Waals surface area contributed by atoms with Crippen LogP contribution in [-0.4, -0.2) is 33.3 Å². The molecular weight excluding hydrogens is 356 g/mol. The number of hydrogen-bond donors (Lipinski definition) is 1. The molecule has 2 heterocycles. The van der Waals surface area contributed by atoms with Crippen LogP contribution in [0.1, 0.15) is 0 Å². The van der Waals surface area contributed by atoms with E-state index in [1.807, 2.05) is 48.0 Å². The molecule has 0 saturated carbocycles. The Morgan fingerprint density at radius 3 is 2.23 bits per heavy atom. The Balaban J connectivity index is 0.000000151. The molecule has 8 heteroatoms. The molecular formula is C18H19ClN4O3. The van der Waals surface area contributed by atoms with Gasteiger partial charge in [-0.25, -0.2) is 9.78 Å². The average Bonchev–Trinajstić information content (AvgIpc) is 3.12. The number of para-hydroxylation sites is 2. The fourth-order valence-corrected chi connectivity index (χ4v) is 2.90. The molecule has 0 spiro atoms. The summed E-state index contributed by atoms with van der Waals surface area (Å²) in [6.45, 7) is 0. The number of aryl methyl sites for hydroxylation is 2. The number of H-pyrrole nitrogens is 1. The van der Waals surface area contributed by atoms with Crippen molar-refractivity contribution >= 4 is 33.7 Å². The third-order valence-corrected chi connectivity index (χ3v) is 4.50. The maximum absolute atomic E-state index is 11.3. The number of methoxy groups -OCH3 is 2. The van der Waals surface area contributed by atoms with Crippen LogP contribution < -0.4 is 15.2 Å². The highest BCUT2D eigenvalue weighted by Gasteiger charge is 2.09. The van der Waals surface area contributed by atoms with Crippen LogP contribution in [0.4, 0.5) is 0 Å². The maximum atomic E-state index is 11.3. The van der Waals surface area contributed by atoms with Gasteiger partial charge in [0.15, 0.2) is 0 Å². The van der Waals surface area contributed by atoms with Crippen LogP contribution in [0.15, 0.2) is 41.2 Å². The average molecular weight is 375 g/mol. The quantitative estimate of drug-likeness (QED) is 0.585. The molecule has 26 heavy (non-hydrogen) atoms. The van der Waals surface area contributed by atoms with Crippen LogP contribution in [0.5, 0.6) is 11.5 Å². The first-order valence-electron chi connectivity index (χ1n) is 7.84. The number of benzene rings is 2. The van der Waals surface area contributed by atoms with Crippen molar-refractivity contribution in [1.29, 1.82) is 0 Å². The molecule has 0 amide bonds. The second-order valence-corrected chi connectivity index (χ2v) is 5.95. The van der Waals surface area contributed by atoms with Gasteiger partial charge >= 0.3 is 5.69 Å². The number of imidazole rings is 2. The molecule has 0 aliphatic heterocycles. The first kappa shape index (κ1) is 17.9. The van der Waals surface area contributed by atoms with Crippen LogP contribution in [0.2, 0.25) is 5.28 Å². The van der Waals surface area contributed by atoms with Gasteiger partial charge in [-0.2, -0.15) is 0 Å². The zero-order valence-corrected chi connectivity index (χ0v) is 15.7. The summed E-state index contributed by atoms with van der Waals surface area (Å²) in [5.74, 6) is 1.44. The van der Waals surface area contributed by atoms with Crippen LogP contribution in [-0.2, 0) is 14.1 Å². The predicted octanol–water partition coefficient (Wildman–Crippen LogP) is 3.11. The van der Waals surface area contributed by atoms with Crippen molar-refractivity contribution in [2.45, 2.75) is 0 Å². The van der Waals surface area contributed by atoms with Gasteiger partial charge in [0.05, 0.1) is 25.3 Å². The lowest BCUT2D eigenvalue weighted by Gasteiger charge is -1.99. The summed E-state index contributed by atoms with van der Waals surface area (Å²) in [5, 5.41) is 0.472. The topological polar surface area (TPSA) is 74.1 Å². The molecule has 0 aliphatic rings. The molecule has 0 bridgehead atoms. The van der Waals surface area contributed by atoms with E-state index in [0.717, 1.165) is 27.8 Å². The third kappa shape index (κ3) is 3.01. The minimum absolute atomic E-state index is 0.125. The summed E-state index contributed by atoms with van der Waals surface area (Å²) >= 11 is 5.88. The standard InChI is InChI=1S/C9H9ClN2O.C9H10N2O2/c1-12-6-4-3-5-7(13-2)8(6)11-9(12)10;1-11-6-4-3-5-7(13-2)8(6)10-9(11)12/h3-5H,1-2H3;3-5H,1-2H3,(H,10,12). The van der Waals surface area contributed by atoms with Crippen LogP contribution in [0, 0.1) is 0 Å². The van der Waals surface area contributed by atoms with E-state index in [-0.39, 0.29) is 5.69 Å². The minimum atomic E-state index is -0.125. The van der Waals surface area contributed by atoms with E-state index in [2.05, 4.69) is 9.97 Å². The number of aromatic amines is 1. The maximum Gasteiger partial charge on any atom is 0.326 e. The van der Waals surface area contributed by atoms with E-state index in [0.29, 0.717) is 11.0 Å². The Morgan fingerprint density at radius 1 is 0.962 bits per heavy atom. The molecule has 0 radical (unpaired) electrons. The van der Waals surface area contributed by atoms with E-state index in [1.165, 1.54) is 0 Å². The second-order valence-electron chi connectivity index (χ2n) is 5.61. The third-order valence-electron chi connectivity index (χ3n) is 4.16. The molecule has 4 aromatic rings. The minimum Gasteiger partial charge on any atom is -0.494 e. The number of halogens is 1. The van der Waals surface area contributed by atoms with Gasteiger partial charge in [0.1, 0.15) is 22.5 Å². The number of nitrogens with one attached hydrogen (secondary N) is 1. The van der Waals surface area contributed by atoms with Gasteiger partial charge in [-0.3, -0.25) is 4.57 Å². The normalized spacial score (nSPS) is 10.7. The predicted molar refractivity (Wildman–Crippen MR) is 102 cm³/mol. The first-order valence-corrected chi connectivity index (χ1v) is 8.22. The van der Waals surface area contributed by atoms with Gasteiger partial charge in [-0.05, 0) is 35.9 Å². The Labute approximate surface area is 154 Å². The highest BCUT2D eigenvalue weighted by atomic mass is 35.5. The van der Waals surface area contributed by atoms with Crippen molar-refractivity contribution in [2.24, 2.45) is 14.1 Å². The summed E-state index contributed by atoms with van der Waals surface area (Å²) in [6, 6.07) is 11.3. The fraction of sp³-hybridized carbons (Fsp3) is 0.222. The Morgan fingerprint density at radius 2 is 1.58 bits per heavy atom. The van der Waals surface area contributed by atoms with Gasteiger partial charge in [-0.15, -0.1) is 0 Å². The molecule has 0 atom stereocenters. The van der Waals surface area contributed by atoms with Crippen molar-refractivity contribution in [3.8, 4) is 11.5 Å². The molecule has 4 rings (SSSR count). The van der Waals surface area contributed by atoms with Crippen molar-refractivity contribution in [2.75, 3.05) is 14.2 Å². The SMILES string of the molecule is COc1cccc2c1[nH]c(=O)n2C.COc1cccc2c1nc(Cl)n2C. The number of aromatic nitrogens is 4. The van der Waals surface area contributed by atoms with Gasteiger partial charge < -0.3 is 19.0 Å². The Hall–Kier alpha value is -2.93. The lowest BCUT2D eigenvalue weighted by atomic mass is 10.3. The lowest BCUT2D eigenvalue weighted by Crippen LogP contribution is -2.11. The monoisotopic (exact) mass is 374 g/mol. The fourth-order valence-electron chi connectivity index (χ4n) is 2.72. The summed E-state index contributed by atoms with van der Waals surface area (Å²) in [4.78, 5) is 18.2. The van der Waals surface area contributed by atoms with E-state index >= 15 is 0 Å². The molecule has 2 aromatic carbocycles. The van der Waals surface area contributed by atoms with Gasteiger partial charge in [-0.1, -0.05) is 12.1 Å². The summed E-state index contributed by atoms with van der Waals surface area (Å²) in [5.41, 5.74) is 3.25. The van der Waals surface area contributed by atoms with Crippen molar-refractivity contribution in [1.82, 2.24) is 19.1 Å². The number of fused-ring (bicyclic) bond motifs is 2. The summed E-state index contributed by atoms with van der Waals surface area (Å²) in [6.07, 6.45) is 0. The zero-order valence-electron chi connectivity index (χ0n) is 14.9. The van der Waals surface area contributed by atoms with Crippen LogP contribution in [0.25, 0.3) is 22.1 Å². The van der Waals surface area contributed by atoms with Crippen LogP contribution >= 0.6 is 11.6 Å². The van der Waals surface area contributed by atoms with Crippen molar-refractivity contribution in [3.05, 3.63) is 52.2 Å². The molecule has 7 nitrogen and oxygen atoms in total. The Bertz CT molecular complexity index is 1130. The first-order chi connectivity index (χ1) is 12.5. The number of rotatable bonds is 2. The van der Waals surface area contributed by atoms with E-state index < -0.39 is 0 Å². The Kier molecular flexibility index (Phi) is 4.90. The zero-order chi connectivity index (χ0) is 18.8. The largest absolute Gasteiger partial charge is 0.494 e. The van der Waals surface area contributed by atoms with E-state index in [1.54, 1.807) is 25.8 Å². The van der Waals surface area contributed by atoms with E-state index in [9.17, 15) is 4.79 Å². The molecule has 0 aliphatic carbocycles. The molecule has 136 valence electrons. The molecule has 2 aromatic heterocycles. The van der Waals surface area contributed by atoms with Gasteiger partial charge in [0.2, 0.25) is 5.28 Å². The summed E-state index contributed by atoms with van der Waals surface area (Å²) < 4.78 is 13.6. The van der Waals surface area contributed by atoms with Crippen molar-refractivity contribution in [3.63, 3.8) is 0 Å². The molecule has 1 N–H and O–H groups in total. The number of nitrogens with zero attached hydrogens (tertiary/aromatic N) is 3. The smallest absolute Gasteiger partial charge is 0.326 e. The lowest BCUT2D eigenvalue weighted by molar-refractivity contribution is 0.419. The second kappa shape index (κ2) is 7.13. The number of hydrogen-bond acceptors (Lipinski definition) is 4. The molecule has 0 unspecified atom stereocenters. The number of ether oxygens (including phenoxy) is 2. The summed E-state index contributed by atoms with van der Waals surface area (Å²) in [7, 11) is 6.80. The highest BCUT2D eigenvalue weighted by molar-refractivity contribution is 6.29. The van der Waals surface area contributed by atoms with Crippen molar-refractivity contribution < 1.29 is 9.47 Å². The van der Waals surface area contributed by atoms with Crippen LogP contribution in [0.3, 0.4) is 0 Å². The molecule has 0 fully saturated rings.